The van der Waals surface area contributed by atoms with Gasteiger partial charge in [0.15, 0.2) is 0 Å². The molecule has 1 aromatic carbocycles. The first kappa shape index (κ1) is 13.3. The minimum Gasteiger partial charge on any atom is -0.311 e. The highest BCUT2D eigenvalue weighted by Crippen LogP contribution is 2.18. The molecule has 0 spiro atoms. The maximum Gasteiger partial charge on any atom is 0.133 e. The molecule has 0 unspecified atom stereocenters. The smallest absolute Gasteiger partial charge is 0.133 e. The Hall–Kier alpha value is -1.74. The predicted molar refractivity (Wildman–Crippen MR) is 80.8 cm³/mol. The van der Waals surface area contributed by atoms with Crippen molar-refractivity contribution in [3.63, 3.8) is 0 Å². The van der Waals surface area contributed by atoms with Crippen LogP contribution < -0.4 is 5.32 Å². The van der Waals surface area contributed by atoms with Crippen molar-refractivity contribution in [1.82, 2.24) is 15.3 Å². The van der Waals surface area contributed by atoms with Gasteiger partial charge >= 0.3 is 0 Å². The molecule has 0 saturated carbocycles. The molecule has 0 saturated heterocycles. The first-order valence-electron chi connectivity index (χ1n) is 7.40. The Morgan fingerprint density at radius 3 is 2.85 bits per heavy atom. The highest BCUT2D eigenvalue weighted by molar-refractivity contribution is 5.32. The normalized spacial score (nSPS) is 14.1. The number of aromatic nitrogens is 2. The molecule has 0 aliphatic carbocycles. The summed E-state index contributed by atoms with van der Waals surface area (Å²) < 4.78 is 0. The molecule has 1 aliphatic heterocycles. The average Bonchev–Trinajstić information content (AvgIpc) is 2.49. The van der Waals surface area contributed by atoms with Crippen molar-refractivity contribution >= 4 is 0 Å². The van der Waals surface area contributed by atoms with Gasteiger partial charge in [-0.25, -0.2) is 9.97 Å². The number of fused-ring (bicyclic) bond motifs is 1. The lowest BCUT2D eigenvalue weighted by molar-refractivity contribution is 0.610. The van der Waals surface area contributed by atoms with E-state index in [0.717, 1.165) is 38.2 Å². The Balaban J connectivity index is 1.96. The number of aryl methyl sites for hydroxylation is 2. The molecule has 0 bridgehead atoms. The molecule has 3 nitrogen and oxygen atoms in total. The third kappa shape index (κ3) is 2.59. The first-order chi connectivity index (χ1) is 9.78. The Morgan fingerprint density at radius 2 is 2.05 bits per heavy atom. The minimum atomic E-state index is 0.826. The highest BCUT2D eigenvalue weighted by Gasteiger charge is 2.16. The van der Waals surface area contributed by atoms with Crippen LogP contribution in [0.4, 0.5) is 0 Å². The molecule has 104 valence electrons. The maximum absolute atomic E-state index is 4.80. The van der Waals surface area contributed by atoms with Crippen LogP contribution in [-0.2, 0) is 25.8 Å². The maximum atomic E-state index is 4.80. The SMILES string of the molecule is CCc1nc(Cc2ccccc2C)nc2c1CCNC2. The molecule has 0 amide bonds. The van der Waals surface area contributed by atoms with Crippen molar-refractivity contribution < 1.29 is 0 Å². The van der Waals surface area contributed by atoms with E-state index in [1.165, 1.54) is 28.1 Å². The highest BCUT2D eigenvalue weighted by atomic mass is 15.0. The Bertz CT molecular complexity index is 602. The summed E-state index contributed by atoms with van der Waals surface area (Å²) in [7, 11) is 0. The van der Waals surface area contributed by atoms with E-state index in [-0.39, 0.29) is 0 Å². The van der Waals surface area contributed by atoms with E-state index in [4.69, 9.17) is 9.97 Å². The standard InChI is InChI=1S/C17H21N3/c1-3-15-14-8-9-18-11-16(14)20-17(19-15)10-13-7-5-4-6-12(13)2/h4-7,18H,3,8-11H2,1-2H3. The quantitative estimate of drug-likeness (QED) is 0.929. The van der Waals surface area contributed by atoms with Gasteiger partial charge in [-0.05, 0) is 43.0 Å². The fraction of sp³-hybridized carbons (Fsp3) is 0.412. The van der Waals surface area contributed by atoms with Crippen LogP contribution in [0.5, 0.6) is 0 Å². The largest absolute Gasteiger partial charge is 0.311 e. The van der Waals surface area contributed by atoms with Gasteiger partial charge in [-0.1, -0.05) is 31.2 Å². The molecule has 2 heterocycles. The van der Waals surface area contributed by atoms with Gasteiger partial charge in [-0.3, -0.25) is 0 Å². The zero-order valence-electron chi connectivity index (χ0n) is 12.2. The van der Waals surface area contributed by atoms with Gasteiger partial charge < -0.3 is 5.32 Å². The van der Waals surface area contributed by atoms with Gasteiger partial charge in [-0.15, -0.1) is 0 Å². The zero-order valence-corrected chi connectivity index (χ0v) is 12.2. The zero-order chi connectivity index (χ0) is 13.9. The van der Waals surface area contributed by atoms with Crippen LogP contribution >= 0.6 is 0 Å². The Kier molecular flexibility index (Phi) is 3.79. The number of hydrogen-bond donors (Lipinski definition) is 1. The summed E-state index contributed by atoms with van der Waals surface area (Å²) in [6.07, 6.45) is 2.88. The number of rotatable bonds is 3. The summed E-state index contributed by atoms with van der Waals surface area (Å²) in [6.45, 7) is 6.25. The summed E-state index contributed by atoms with van der Waals surface area (Å²) >= 11 is 0. The first-order valence-corrected chi connectivity index (χ1v) is 7.40. The molecule has 3 heteroatoms. The number of benzene rings is 1. The Morgan fingerprint density at radius 1 is 1.20 bits per heavy atom. The topological polar surface area (TPSA) is 37.8 Å². The van der Waals surface area contributed by atoms with Crippen molar-refractivity contribution in [2.75, 3.05) is 6.54 Å². The van der Waals surface area contributed by atoms with Gasteiger partial charge in [0.05, 0.1) is 5.69 Å². The molecule has 0 fully saturated rings. The summed E-state index contributed by atoms with van der Waals surface area (Å²) in [5.74, 6) is 0.957. The molecule has 3 rings (SSSR count). The Labute approximate surface area is 120 Å². The molecular weight excluding hydrogens is 246 g/mol. The molecule has 20 heavy (non-hydrogen) atoms. The number of nitrogens with zero attached hydrogens (tertiary/aromatic N) is 2. The molecule has 2 aromatic rings. The lowest BCUT2D eigenvalue weighted by atomic mass is 10.0. The van der Waals surface area contributed by atoms with E-state index < -0.39 is 0 Å². The van der Waals surface area contributed by atoms with Crippen molar-refractivity contribution in [2.45, 2.75) is 39.7 Å². The van der Waals surface area contributed by atoms with Gasteiger partial charge in [0.2, 0.25) is 0 Å². The van der Waals surface area contributed by atoms with Crippen molar-refractivity contribution in [3.05, 3.63) is 58.2 Å². The summed E-state index contributed by atoms with van der Waals surface area (Å²) in [5.41, 5.74) is 6.44. The van der Waals surface area contributed by atoms with Crippen LogP contribution in [0.2, 0.25) is 0 Å². The van der Waals surface area contributed by atoms with E-state index in [0.29, 0.717) is 0 Å². The summed E-state index contributed by atoms with van der Waals surface area (Å²) in [6, 6.07) is 8.48. The van der Waals surface area contributed by atoms with Crippen LogP contribution in [0.15, 0.2) is 24.3 Å². The van der Waals surface area contributed by atoms with Crippen LogP contribution in [-0.4, -0.2) is 16.5 Å². The van der Waals surface area contributed by atoms with E-state index in [1.807, 2.05) is 0 Å². The predicted octanol–water partition coefficient (Wildman–Crippen LogP) is 2.58. The van der Waals surface area contributed by atoms with Crippen molar-refractivity contribution in [1.29, 1.82) is 0 Å². The summed E-state index contributed by atoms with van der Waals surface area (Å²) in [5, 5.41) is 3.40. The number of nitrogens with one attached hydrogen (secondary N) is 1. The monoisotopic (exact) mass is 267 g/mol. The second kappa shape index (κ2) is 5.71. The molecule has 0 radical (unpaired) electrons. The van der Waals surface area contributed by atoms with Crippen LogP contribution in [0, 0.1) is 6.92 Å². The fourth-order valence-electron chi connectivity index (χ4n) is 2.84. The number of hydrogen-bond acceptors (Lipinski definition) is 3. The van der Waals surface area contributed by atoms with Crippen molar-refractivity contribution in [3.8, 4) is 0 Å². The lowest BCUT2D eigenvalue weighted by Gasteiger charge is -2.19. The van der Waals surface area contributed by atoms with E-state index in [9.17, 15) is 0 Å². The van der Waals surface area contributed by atoms with Gasteiger partial charge in [0.1, 0.15) is 5.82 Å². The lowest BCUT2D eigenvalue weighted by Crippen LogP contribution is -2.27. The van der Waals surface area contributed by atoms with Crippen LogP contribution in [0.3, 0.4) is 0 Å². The van der Waals surface area contributed by atoms with Crippen molar-refractivity contribution in [2.24, 2.45) is 0 Å². The molecule has 1 N–H and O–H groups in total. The minimum absolute atomic E-state index is 0.826. The third-order valence-electron chi connectivity index (χ3n) is 4.01. The van der Waals surface area contributed by atoms with E-state index in [2.05, 4.69) is 43.4 Å². The van der Waals surface area contributed by atoms with Gasteiger partial charge in [-0.2, -0.15) is 0 Å². The molecule has 1 aliphatic rings. The van der Waals surface area contributed by atoms with E-state index in [1.54, 1.807) is 0 Å². The van der Waals surface area contributed by atoms with E-state index >= 15 is 0 Å². The summed E-state index contributed by atoms with van der Waals surface area (Å²) in [4.78, 5) is 9.59. The molecule has 1 aromatic heterocycles. The van der Waals surface area contributed by atoms with Gasteiger partial charge in [0.25, 0.3) is 0 Å². The van der Waals surface area contributed by atoms with Crippen LogP contribution in [0.1, 0.15) is 40.8 Å². The second-order valence-corrected chi connectivity index (χ2v) is 5.40. The second-order valence-electron chi connectivity index (χ2n) is 5.40. The molecule has 0 atom stereocenters. The molecular formula is C17H21N3. The van der Waals surface area contributed by atoms with Gasteiger partial charge in [0, 0.05) is 18.7 Å². The third-order valence-corrected chi connectivity index (χ3v) is 4.01. The fourth-order valence-corrected chi connectivity index (χ4v) is 2.84. The average molecular weight is 267 g/mol. The van der Waals surface area contributed by atoms with Crippen LogP contribution in [0.25, 0.3) is 0 Å².